The van der Waals surface area contributed by atoms with Crippen molar-refractivity contribution in [2.45, 2.75) is 32.9 Å². The quantitative estimate of drug-likeness (QED) is 0.594. The zero-order valence-corrected chi connectivity index (χ0v) is 11.6. The van der Waals surface area contributed by atoms with E-state index in [0.29, 0.717) is 19.0 Å². The van der Waals surface area contributed by atoms with E-state index < -0.39 is 17.6 Å². The molecule has 0 atom stereocenters. The lowest BCUT2D eigenvalue weighted by atomic mass is 10.1. The summed E-state index contributed by atoms with van der Waals surface area (Å²) in [4.78, 5) is 0. The molecule has 112 valence electrons. The van der Waals surface area contributed by atoms with Crippen molar-refractivity contribution < 1.29 is 17.6 Å². The lowest BCUT2D eigenvalue weighted by molar-refractivity contribution is -0.137. The number of nitrogens with one attached hydrogen (secondary N) is 1. The molecule has 0 unspecified atom stereocenters. The molecule has 0 amide bonds. The average molecular weight is 289 g/mol. The molecule has 0 saturated heterocycles. The van der Waals surface area contributed by atoms with Gasteiger partial charge in [0, 0.05) is 6.54 Å². The maximum atomic E-state index is 13.3. The Bertz CT molecular complexity index is 463. The highest BCUT2D eigenvalue weighted by Crippen LogP contribution is 2.30. The predicted molar refractivity (Wildman–Crippen MR) is 72.8 cm³/mol. The average Bonchev–Trinajstić information content (AvgIpc) is 2.36. The molecule has 0 fully saturated rings. The first kappa shape index (κ1) is 16.7. The fraction of sp³-hybridized carbons (Fsp3) is 0.467. The minimum Gasteiger partial charge on any atom is -0.313 e. The minimum atomic E-state index is -4.53. The molecule has 1 N–H and O–H groups in total. The summed E-state index contributed by atoms with van der Waals surface area (Å²) in [6, 6.07) is 2.60. The summed E-state index contributed by atoms with van der Waals surface area (Å²) in [5.41, 5.74) is 0.227. The van der Waals surface area contributed by atoms with Crippen LogP contribution in [0.3, 0.4) is 0 Å². The third kappa shape index (κ3) is 5.33. The molecule has 5 heteroatoms. The van der Waals surface area contributed by atoms with Crippen molar-refractivity contribution in [3.63, 3.8) is 0 Å². The first-order valence-corrected chi connectivity index (χ1v) is 6.64. The predicted octanol–water partition coefficient (Wildman–Crippen LogP) is 4.64. The van der Waals surface area contributed by atoms with Crippen molar-refractivity contribution in [2.24, 2.45) is 0 Å². The van der Waals surface area contributed by atoms with Gasteiger partial charge in [-0.1, -0.05) is 25.5 Å². The Balaban J connectivity index is 2.97. The standard InChI is InChI=1S/C15H19F4N/c1-3-5-20-10-11(4-2)6-12-7-13(15(17,18)19)9-14(16)8-12/h6-9,20H,3-5,10H2,1-2H3/b11-6+. The van der Waals surface area contributed by atoms with Crippen LogP contribution in [-0.2, 0) is 6.18 Å². The van der Waals surface area contributed by atoms with E-state index in [1.165, 1.54) is 0 Å². The number of hydrogen-bond donors (Lipinski definition) is 1. The molecule has 0 bridgehead atoms. The molecule has 1 aromatic rings. The van der Waals surface area contributed by atoms with Crippen molar-refractivity contribution in [2.75, 3.05) is 13.1 Å². The van der Waals surface area contributed by atoms with Crippen molar-refractivity contribution >= 4 is 6.08 Å². The van der Waals surface area contributed by atoms with Gasteiger partial charge in [0.1, 0.15) is 5.82 Å². The first-order chi connectivity index (χ1) is 9.36. The lowest BCUT2D eigenvalue weighted by Gasteiger charge is -2.10. The topological polar surface area (TPSA) is 12.0 Å². The molecule has 20 heavy (non-hydrogen) atoms. The van der Waals surface area contributed by atoms with Crippen molar-refractivity contribution in [1.29, 1.82) is 0 Å². The van der Waals surface area contributed by atoms with Crippen LogP contribution >= 0.6 is 0 Å². The van der Waals surface area contributed by atoms with Crippen LogP contribution in [0.1, 0.15) is 37.8 Å². The summed E-state index contributed by atoms with van der Waals surface area (Å²) in [6.07, 6.45) is -1.23. The van der Waals surface area contributed by atoms with E-state index in [0.717, 1.165) is 30.7 Å². The second kappa shape index (κ2) is 7.43. The number of alkyl halides is 3. The van der Waals surface area contributed by atoms with Crippen LogP contribution in [0.25, 0.3) is 6.08 Å². The van der Waals surface area contributed by atoms with Crippen molar-refractivity contribution in [1.82, 2.24) is 5.32 Å². The van der Waals surface area contributed by atoms with Crippen LogP contribution in [0, 0.1) is 5.82 Å². The Morgan fingerprint density at radius 2 is 1.90 bits per heavy atom. The van der Waals surface area contributed by atoms with Crippen molar-refractivity contribution in [3.05, 3.63) is 40.7 Å². The Morgan fingerprint density at radius 3 is 2.45 bits per heavy atom. The Morgan fingerprint density at radius 1 is 1.20 bits per heavy atom. The maximum Gasteiger partial charge on any atom is 0.416 e. The third-order valence-corrected chi connectivity index (χ3v) is 2.85. The second-order valence-corrected chi connectivity index (χ2v) is 4.60. The van der Waals surface area contributed by atoms with E-state index in [1.807, 2.05) is 13.8 Å². The summed E-state index contributed by atoms with van der Waals surface area (Å²) >= 11 is 0. The van der Waals surface area contributed by atoms with Gasteiger partial charge in [-0.3, -0.25) is 0 Å². The fourth-order valence-corrected chi connectivity index (χ4v) is 1.80. The lowest BCUT2D eigenvalue weighted by Crippen LogP contribution is -2.17. The van der Waals surface area contributed by atoms with Gasteiger partial charge in [-0.15, -0.1) is 0 Å². The monoisotopic (exact) mass is 289 g/mol. The molecule has 1 rings (SSSR count). The molecule has 0 radical (unpaired) electrons. The number of rotatable bonds is 6. The summed E-state index contributed by atoms with van der Waals surface area (Å²) in [7, 11) is 0. The van der Waals surface area contributed by atoms with Crippen LogP contribution in [-0.4, -0.2) is 13.1 Å². The van der Waals surface area contributed by atoms with Crippen molar-refractivity contribution in [3.8, 4) is 0 Å². The number of halogens is 4. The Labute approximate surface area is 116 Å². The van der Waals surface area contributed by atoms with Crippen LogP contribution < -0.4 is 5.32 Å². The number of benzene rings is 1. The van der Waals surface area contributed by atoms with Crippen LogP contribution in [0.15, 0.2) is 23.8 Å². The van der Waals surface area contributed by atoms with Crippen LogP contribution in [0.2, 0.25) is 0 Å². The van der Waals surface area contributed by atoms with E-state index >= 15 is 0 Å². The molecule has 0 aliphatic carbocycles. The van der Waals surface area contributed by atoms with E-state index in [2.05, 4.69) is 5.32 Å². The molecular formula is C15H19F4N. The molecule has 0 spiro atoms. The summed E-state index contributed by atoms with van der Waals surface area (Å²) in [6.45, 7) is 5.39. The van der Waals surface area contributed by atoms with E-state index in [9.17, 15) is 17.6 Å². The summed E-state index contributed by atoms with van der Waals surface area (Å²) in [5.74, 6) is -0.872. The van der Waals surface area contributed by atoms with Gasteiger partial charge in [-0.2, -0.15) is 13.2 Å². The van der Waals surface area contributed by atoms with Gasteiger partial charge < -0.3 is 5.32 Å². The minimum absolute atomic E-state index is 0.243. The highest BCUT2D eigenvalue weighted by Gasteiger charge is 2.31. The third-order valence-electron chi connectivity index (χ3n) is 2.85. The van der Waals surface area contributed by atoms with E-state index in [4.69, 9.17) is 0 Å². The van der Waals surface area contributed by atoms with Gasteiger partial charge in [-0.25, -0.2) is 4.39 Å². The smallest absolute Gasteiger partial charge is 0.313 e. The second-order valence-electron chi connectivity index (χ2n) is 4.60. The normalized spacial score (nSPS) is 12.8. The van der Waals surface area contributed by atoms with Gasteiger partial charge >= 0.3 is 6.18 Å². The van der Waals surface area contributed by atoms with Gasteiger partial charge in [0.25, 0.3) is 0 Å². The van der Waals surface area contributed by atoms with Gasteiger partial charge in [0.2, 0.25) is 0 Å². The highest BCUT2D eigenvalue weighted by atomic mass is 19.4. The molecule has 0 heterocycles. The molecular weight excluding hydrogens is 270 g/mol. The molecule has 0 aliphatic heterocycles. The maximum absolute atomic E-state index is 13.3. The zero-order valence-electron chi connectivity index (χ0n) is 11.6. The van der Waals surface area contributed by atoms with E-state index in [-0.39, 0.29) is 5.56 Å². The Kier molecular flexibility index (Phi) is 6.20. The molecule has 0 saturated carbocycles. The van der Waals surface area contributed by atoms with Gasteiger partial charge in [-0.05, 0) is 43.1 Å². The SMILES string of the molecule is CCCNC/C(=C/c1cc(F)cc(C(F)(F)F)c1)CC. The molecule has 0 aromatic heterocycles. The summed E-state index contributed by atoms with van der Waals surface area (Å²) < 4.78 is 51.1. The van der Waals surface area contributed by atoms with Gasteiger partial charge in [0.05, 0.1) is 5.56 Å². The molecule has 1 nitrogen and oxygen atoms in total. The highest BCUT2D eigenvalue weighted by molar-refractivity contribution is 5.54. The van der Waals surface area contributed by atoms with Crippen LogP contribution in [0.4, 0.5) is 17.6 Å². The molecule has 1 aromatic carbocycles. The fourth-order valence-electron chi connectivity index (χ4n) is 1.80. The van der Waals surface area contributed by atoms with E-state index in [1.54, 1.807) is 6.08 Å². The largest absolute Gasteiger partial charge is 0.416 e. The zero-order chi connectivity index (χ0) is 15.2. The van der Waals surface area contributed by atoms with Gasteiger partial charge in [0.15, 0.2) is 0 Å². The summed E-state index contributed by atoms with van der Waals surface area (Å²) in [5, 5.41) is 3.18. The molecule has 0 aliphatic rings. The van der Waals surface area contributed by atoms with Crippen LogP contribution in [0.5, 0.6) is 0 Å². The first-order valence-electron chi connectivity index (χ1n) is 6.64. The number of hydrogen-bond acceptors (Lipinski definition) is 1. The Hall–Kier alpha value is -1.36.